The molecule has 2 aromatic carbocycles. The molecule has 4 N–H and O–H groups in total. The number of amides is 1. The third kappa shape index (κ3) is 8.56. The summed E-state index contributed by atoms with van der Waals surface area (Å²) in [5.41, 5.74) is 13.0. The second-order valence-corrected chi connectivity index (χ2v) is 8.77. The van der Waals surface area contributed by atoms with Gasteiger partial charge in [-0.3, -0.25) is 4.79 Å². The minimum Gasteiger partial charge on any atom is -0.493 e. The van der Waals surface area contributed by atoms with E-state index in [0.717, 1.165) is 23.1 Å². The number of aryl methyl sites for hydroxylation is 1. The molecule has 1 amide bonds. The third-order valence-corrected chi connectivity index (χ3v) is 5.40. The fourth-order valence-electron chi connectivity index (χ4n) is 2.80. The maximum atomic E-state index is 11.7. The van der Waals surface area contributed by atoms with E-state index in [-0.39, 0.29) is 29.7 Å². The zero-order valence-electron chi connectivity index (χ0n) is 17.5. The number of guanidine groups is 1. The molecule has 0 saturated carbocycles. The molecule has 0 spiro atoms. The largest absolute Gasteiger partial charge is 0.493 e. The van der Waals surface area contributed by atoms with Gasteiger partial charge < -0.3 is 20.9 Å². The van der Waals surface area contributed by atoms with Crippen LogP contribution in [-0.4, -0.2) is 46.9 Å². The third-order valence-electron chi connectivity index (χ3n) is 4.27. The molecule has 0 aromatic heterocycles. The Morgan fingerprint density at radius 2 is 1.74 bits per heavy atom. The Morgan fingerprint density at radius 1 is 1.06 bits per heavy atom. The SMILES string of the molecule is COCCCOc1cc(CCC(=O)N=C(N)N)ccc1-c1ccc(S(C)(=O)=O)cc1.Cl. The van der Waals surface area contributed by atoms with E-state index < -0.39 is 15.7 Å². The Kier molecular flexibility index (Phi) is 10.5. The van der Waals surface area contributed by atoms with Crippen LogP contribution in [0.15, 0.2) is 52.4 Å². The number of benzene rings is 2. The van der Waals surface area contributed by atoms with E-state index in [1.54, 1.807) is 31.4 Å². The van der Waals surface area contributed by atoms with Crippen LogP contribution in [0.4, 0.5) is 0 Å². The van der Waals surface area contributed by atoms with Crippen molar-refractivity contribution >= 4 is 34.1 Å². The van der Waals surface area contributed by atoms with Crippen molar-refractivity contribution < 1.29 is 22.7 Å². The summed E-state index contributed by atoms with van der Waals surface area (Å²) in [7, 11) is -1.64. The molecule has 0 heterocycles. The van der Waals surface area contributed by atoms with Crippen molar-refractivity contribution in [3.05, 3.63) is 48.0 Å². The molecule has 170 valence electrons. The number of rotatable bonds is 10. The highest BCUT2D eigenvalue weighted by Gasteiger charge is 2.12. The fraction of sp³-hybridized carbons (Fsp3) is 0.333. The summed E-state index contributed by atoms with van der Waals surface area (Å²) >= 11 is 0. The van der Waals surface area contributed by atoms with E-state index in [2.05, 4.69) is 4.99 Å². The Morgan fingerprint density at radius 3 is 2.32 bits per heavy atom. The van der Waals surface area contributed by atoms with Gasteiger partial charge in [-0.25, -0.2) is 8.42 Å². The fourth-order valence-corrected chi connectivity index (χ4v) is 3.43. The first-order valence-corrected chi connectivity index (χ1v) is 11.3. The monoisotopic (exact) mass is 469 g/mol. The van der Waals surface area contributed by atoms with Gasteiger partial charge in [-0.15, -0.1) is 12.4 Å². The highest BCUT2D eigenvalue weighted by molar-refractivity contribution is 7.90. The smallest absolute Gasteiger partial charge is 0.249 e. The van der Waals surface area contributed by atoms with Gasteiger partial charge in [-0.05, 0) is 35.7 Å². The van der Waals surface area contributed by atoms with Crippen LogP contribution in [0.1, 0.15) is 18.4 Å². The van der Waals surface area contributed by atoms with Gasteiger partial charge in [0, 0.05) is 38.4 Å². The van der Waals surface area contributed by atoms with Crippen molar-refractivity contribution in [2.24, 2.45) is 16.5 Å². The molecule has 0 radical (unpaired) electrons. The number of nitrogens with two attached hydrogens (primary N) is 2. The first-order chi connectivity index (χ1) is 14.2. The number of hydrogen-bond acceptors (Lipinski definition) is 5. The Hall–Kier alpha value is -2.62. The summed E-state index contributed by atoms with van der Waals surface area (Å²) in [6, 6.07) is 12.3. The van der Waals surface area contributed by atoms with Gasteiger partial charge in [-0.2, -0.15) is 4.99 Å². The number of hydrogen-bond donors (Lipinski definition) is 2. The highest BCUT2D eigenvalue weighted by atomic mass is 35.5. The van der Waals surface area contributed by atoms with Gasteiger partial charge >= 0.3 is 0 Å². The highest BCUT2D eigenvalue weighted by Crippen LogP contribution is 2.32. The average molecular weight is 470 g/mol. The van der Waals surface area contributed by atoms with Crippen LogP contribution < -0.4 is 16.2 Å². The quantitative estimate of drug-likeness (QED) is 0.309. The van der Waals surface area contributed by atoms with Gasteiger partial charge in [0.05, 0.1) is 11.5 Å². The van der Waals surface area contributed by atoms with Crippen LogP contribution in [0.3, 0.4) is 0 Å². The van der Waals surface area contributed by atoms with Crippen LogP contribution in [0.5, 0.6) is 5.75 Å². The first-order valence-electron chi connectivity index (χ1n) is 9.38. The lowest BCUT2D eigenvalue weighted by molar-refractivity contribution is -0.117. The van der Waals surface area contributed by atoms with Gasteiger partial charge in [0.15, 0.2) is 15.8 Å². The summed E-state index contributed by atoms with van der Waals surface area (Å²) < 4.78 is 34.4. The van der Waals surface area contributed by atoms with E-state index >= 15 is 0 Å². The predicted molar refractivity (Wildman–Crippen MR) is 123 cm³/mol. The lowest BCUT2D eigenvalue weighted by Gasteiger charge is -2.14. The van der Waals surface area contributed by atoms with Gasteiger partial charge in [0.2, 0.25) is 5.91 Å². The minimum absolute atomic E-state index is 0. The molecular formula is C21H28ClN3O5S. The van der Waals surface area contributed by atoms with E-state index in [4.69, 9.17) is 20.9 Å². The molecule has 0 aliphatic carbocycles. The molecule has 0 aliphatic rings. The Balaban J connectivity index is 0.00000480. The number of ether oxygens (including phenoxy) is 2. The Labute approximate surface area is 189 Å². The summed E-state index contributed by atoms with van der Waals surface area (Å²) in [5.74, 6) is -0.00180. The van der Waals surface area contributed by atoms with E-state index in [1.807, 2.05) is 18.2 Å². The summed E-state index contributed by atoms with van der Waals surface area (Å²) in [4.78, 5) is 15.5. The van der Waals surface area contributed by atoms with E-state index in [9.17, 15) is 13.2 Å². The average Bonchev–Trinajstić information content (AvgIpc) is 2.69. The molecule has 8 nitrogen and oxygen atoms in total. The van der Waals surface area contributed by atoms with Crippen molar-refractivity contribution in [2.75, 3.05) is 26.6 Å². The standard InChI is InChI=1S/C21H27N3O5S.ClH/c1-28-12-3-13-29-19-14-15(5-11-20(25)24-21(22)23)4-10-18(19)16-6-8-17(9-7-16)30(2,26)27;/h4,6-10,14H,3,5,11-13H2,1-2H3,(H4,22,23,24,25);1H. The molecule has 10 heteroatoms. The second kappa shape index (κ2) is 12.3. The van der Waals surface area contributed by atoms with E-state index in [1.165, 1.54) is 6.26 Å². The van der Waals surface area contributed by atoms with Crippen molar-refractivity contribution in [3.63, 3.8) is 0 Å². The summed E-state index contributed by atoms with van der Waals surface area (Å²) in [5, 5.41) is 0. The normalized spacial score (nSPS) is 10.8. The molecule has 2 aromatic rings. The minimum atomic E-state index is -3.27. The molecule has 0 fully saturated rings. The van der Waals surface area contributed by atoms with Crippen molar-refractivity contribution in [2.45, 2.75) is 24.2 Å². The Bertz CT molecular complexity index is 1000. The first kappa shape index (κ1) is 26.4. The summed E-state index contributed by atoms with van der Waals surface area (Å²) in [6.07, 6.45) is 2.52. The lowest BCUT2D eigenvalue weighted by Crippen LogP contribution is -2.24. The molecule has 31 heavy (non-hydrogen) atoms. The van der Waals surface area contributed by atoms with E-state index in [0.29, 0.717) is 25.4 Å². The number of carbonyl (C=O) groups excluding carboxylic acids is 1. The second-order valence-electron chi connectivity index (χ2n) is 6.75. The van der Waals surface area contributed by atoms with Crippen LogP contribution in [0.2, 0.25) is 0 Å². The molecule has 0 aliphatic heterocycles. The number of halogens is 1. The lowest BCUT2D eigenvalue weighted by atomic mass is 10.0. The van der Waals surface area contributed by atoms with Crippen LogP contribution in [0, 0.1) is 0 Å². The van der Waals surface area contributed by atoms with Crippen molar-refractivity contribution in [1.29, 1.82) is 0 Å². The van der Waals surface area contributed by atoms with Gasteiger partial charge in [0.25, 0.3) is 0 Å². The topological polar surface area (TPSA) is 134 Å². The van der Waals surface area contributed by atoms with Gasteiger partial charge in [-0.1, -0.05) is 24.3 Å². The molecule has 0 unspecified atom stereocenters. The predicted octanol–water partition coefficient (Wildman–Crippen LogP) is 2.33. The zero-order chi connectivity index (χ0) is 22.1. The maximum Gasteiger partial charge on any atom is 0.249 e. The zero-order valence-corrected chi connectivity index (χ0v) is 19.2. The number of aliphatic imine (C=N–C) groups is 1. The van der Waals surface area contributed by atoms with Crippen molar-refractivity contribution in [3.8, 4) is 16.9 Å². The molecule has 0 atom stereocenters. The molecule has 0 saturated heterocycles. The number of carbonyl (C=O) groups is 1. The molecule has 0 bridgehead atoms. The maximum absolute atomic E-state index is 11.7. The number of nitrogens with zero attached hydrogens (tertiary/aromatic N) is 1. The van der Waals surface area contributed by atoms with Crippen LogP contribution in [0.25, 0.3) is 11.1 Å². The van der Waals surface area contributed by atoms with Crippen molar-refractivity contribution in [1.82, 2.24) is 0 Å². The van der Waals surface area contributed by atoms with Gasteiger partial charge in [0.1, 0.15) is 5.75 Å². The van der Waals surface area contributed by atoms with Crippen LogP contribution >= 0.6 is 12.4 Å². The molecule has 2 rings (SSSR count). The number of methoxy groups -OCH3 is 1. The molecular weight excluding hydrogens is 442 g/mol. The van der Waals surface area contributed by atoms with Crippen LogP contribution in [-0.2, 0) is 25.8 Å². The summed E-state index contributed by atoms with van der Waals surface area (Å²) in [6.45, 7) is 1.03. The number of sulfone groups is 1.